The molecule has 0 fully saturated rings. The first-order valence-electron chi connectivity index (χ1n) is 5.24. The number of phenols is 1. The Morgan fingerprint density at radius 2 is 2.26 bits per heavy atom. The third kappa shape index (κ3) is 2.51. The molecule has 0 bridgehead atoms. The van der Waals surface area contributed by atoms with Crippen LogP contribution in [0.2, 0.25) is 0 Å². The third-order valence-electron chi connectivity index (χ3n) is 2.49. The van der Waals surface area contributed by atoms with Crippen LogP contribution in [0.5, 0.6) is 5.75 Å². The summed E-state index contributed by atoms with van der Waals surface area (Å²) in [5.74, 6) is -0.767. The number of amides is 1. The number of carbonyl (C=O) groups excluding carboxylic acids is 1. The number of hydrogen-bond acceptors (Lipinski definition) is 5. The number of carbonyl (C=O) groups is 1. The van der Waals surface area contributed by atoms with Crippen molar-refractivity contribution in [1.29, 1.82) is 0 Å². The zero-order valence-electron chi connectivity index (χ0n) is 9.90. The van der Waals surface area contributed by atoms with Gasteiger partial charge in [0.2, 0.25) is 0 Å². The van der Waals surface area contributed by atoms with Gasteiger partial charge in [-0.05, 0) is 6.07 Å². The lowest BCUT2D eigenvalue weighted by Crippen LogP contribution is -2.15. The van der Waals surface area contributed by atoms with E-state index in [2.05, 4.69) is 10.3 Å². The molecule has 0 unspecified atom stereocenters. The number of aromatic nitrogens is 2. The maximum absolute atomic E-state index is 11.9. The molecule has 0 aliphatic heterocycles. The van der Waals surface area contributed by atoms with Gasteiger partial charge in [0.15, 0.2) is 0 Å². The van der Waals surface area contributed by atoms with Gasteiger partial charge in [0.05, 0.1) is 23.1 Å². The van der Waals surface area contributed by atoms with E-state index in [4.69, 9.17) is 0 Å². The van der Waals surface area contributed by atoms with Crippen molar-refractivity contribution in [3.05, 3.63) is 46.5 Å². The number of imidazole rings is 1. The maximum Gasteiger partial charge on any atom is 0.274 e. The molecule has 0 aliphatic rings. The van der Waals surface area contributed by atoms with Gasteiger partial charge < -0.3 is 15.0 Å². The van der Waals surface area contributed by atoms with Gasteiger partial charge in [0.1, 0.15) is 11.4 Å². The topological polar surface area (TPSA) is 110 Å². The number of anilines is 1. The predicted octanol–water partition coefficient (Wildman–Crippen LogP) is 1.29. The Morgan fingerprint density at radius 1 is 1.53 bits per heavy atom. The Balaban J connectivity index is 2.28. The van der Waals surface area contributed by atoms with E-state index in [1.807, 2.05) is 0 Å². The second-order valence-electron chi connectivity index (χ2n) is 3.80. The summed E-state index contributed by atoms with van der Waals surface area (Å²) in [6, 6.07) is 3.38. The minimum Gasteiger partial charge on any atom is -0.506 e. The predicted molar refractivity (Wildman–Crippen MR) is 65.9 cm³/mol. The molecule has 0 spiro atoms. The number of nitrogens with one attached hydrogen (secondary N) is 1. The highest BCUT2D eigenvalue weighted by molar-refractivity contribution is 6.03. The van der Waals surface area contributed by atoms with Crippen LogP contribution < -0.4 is 5.32 Å². The molecule has 19 heavy (non-hydrogen) atoms. The molecule has 2 aromatic rings. The number of nitrogens with zero attached hydrogens (tertiary/aromatic N) is 3. The first-order valence-corrected chi connectivity index (χ1v) is 5.24. The van der Waals surface area contributed by atoms with E-state index in [0.29, 0.717) is 0 Å². The van der Waals surface area contributed by atoms with Crippen molar-refractivity contribution < 1.29 is 14.8 Å². The summed E-state index contributed by atoms with van der Waals surface area (Å²) in [5.41, 5.74) is 0.0180. The molecule has 1 aromatic heterocycles. The van der Waals surface area contributed by atoms with Crippen LogP contribution in [0.1, 0.15) is 10.5 Å². The Labute approximate surface area is 107 Å². The molecule has 2 rings (SSSR count). The number of aryl methyl sites for hydroxylation is 1. The Hall–Kier alpha value is -2.90. The van der Waals surface area contributed by atoms with Crippen LogP contribution in [0.3, 0.4) is 0 Å². The summed E-state index contributed by atoms with van der Waals surface area (Å²) < 4.78 is 1.49. The normalized spacial score (nSPS) is 10.2. The molecule has 1 heterocycles. The van der Waals surface area contributed by atoms with E-state index in [1.165, 1.54) is 17.1 Å². The zero-order chi connectivity index (χ0) is 14.0. The van der Waals surface area contributed by atoms with E-state index in [0.717, 1.165) is 18.2 Å². The van der Waals surface area contributed by atoms with Crippen LogP contribution in [0.25, 0.3) is 0 Å². The van der Waals surface area contributed by atoms with Gasteiger partial charge in [0, 0.05) is 19.2 Å². The van der Waals surface area contributed by atoms with Crippen molar-refractivity contribution in [2.75, 3.05) is 5.32 Å². The minimum atomic E-state index is -0.612. The van der Waals surface area contributed by atoms with E-state index < -0.39 is 10.8 Å². The number of nitro benzene ring substituents is 1. The summed E-state index contributed by atoms with van der Waals surface area (Å²) in [6.07, 6.45) is 2.80. The molecule has 8 heteroatoms. The standard InChI is InChI=1S/C11H10N4O4/c1-14-6-12-5-9(14)11(17)13-8-4-7(15(18)19)2-3-10(8)16/h2-6,16H,1H3,(H,13,17). The van der Waals surface area contributed by atoms with Crippen LogP contribution >= 0.6 is 0 Å². The average molecular weight is 262 g/mol. The molecule has 0 saturated heterocycles. The first kappa shape index (κ1) is 12.6. The second kappa shape index (κ2) is 4.77. The molecule has 2 N–H and O–H groups in total. The van der Waals surface area contributed by atoms with Gasteiger partial charge in [0.25, 0.3) is 11.6 Å². The molecule has 98 valence electrons. The van der Waals surface area contributed by atoms with Gasteiger partial charge in [-0.1, -0.05) is 0 Å². The number of hydrogen-bond donors (Lipinski definition) is 2. The Bertz CT molecular complexity index is 650. The molecule has 1 amide bonds. The van der Waals surface area contributed by atoms with Crippen molar-refractivity contribution in [2.24, 2.45) is 7.05 Å². The Kier molecular flexibility index (Phi) is 3.15. The summed E-state index contributed by atoms with van der Waals surface area (Å²) in [6.45, 7) is 0. The highest BCUT2D eigenvalue weighted by atomic mass is 16.6. The molecular formula is C11H10N4O4. The number of rotatable bonds is 3. The average Bonchev–Trinajstić information content (AvgIpc) is 2.78. The molecular weight excluding hydrogens is 252 g/mol. The zero-order valence-corrected chi connectivity index (χ0v) is 9.90. The number of aromatic hydroxyl groups is 1. The first-order chi connectivity index (χ1) is 8.99. The monoisotopic (exact) mass is 262 g/mol. The summed E-state index contributed by atoms with van der Waals surface area (Å²) in [7, 11) is 1.63. The number of benzene rings is 1. The van der Waals surface area contributed by atoms with Crippen LogP contribution in [0.4, 0.5) is 11.4 Å². The van der Waals surface area contributed by atoms with Gasteiger partial charge in [-0.25, -0.2) is 4.98 Å². The lowest BCUT2D eigenvalue weighted by molar-refractivity contribution is -0.384. The van der Waals surface area contributed by atoms with E-state index in [9.17, 15) is 20.0 Å². The van der Waals surface area contributed by atoms with Crippen molar-refractivity contribution >= 4 is 17.3 Å². The maximum atomic E-state index is 11.9. The van der Waals surface area contributed by atoms with Gasteiger partial charge in [-0.3, -0.25) is 14.9 Å². The molecule has 1 aromatic carbocycles. The number of nitro groups is 1. The lowest BCUT2D eigenvalue weighted by atomic mass is 10.2. The van der Waals surface area contributed by atoms with Crippen molar-refractivity contribution in [2.45, 2.75) is 0 Å². The second-order valence-corrected chi connectivity index (χ2v) is 3.80. The van der Waals surface area contributed by atoms with Gasteiger partial charge in [-0.15, -0.1) is 0 Å². The van der Waals surface area contributed by atoms with Gasteiger partial charge >= 0.3 is 0 Å². The van der Waals surface area contributed by atoms with E-state index in [1.54, 1.807) is 7.05 Å². The van der Waals surface area contributed by atoms with E-state index >= 15 is 0 Å². The molecule has 0 atom stereocenters. The lowest BCUT2D eigenvalue weighted by Gasteiger charge is -2.07. The van der Waals surface area contributed by atoms with Crippen LogP contribution in [-0.2, 0) is 7.05 Å². The molecule has 0 aliphatic carbocycles. The largest absolute Gasteiger partial charge is 0.506 e. The van der Waals surface area contributed by atoms with Crippen LogP contribution in [-0.4, -0.2) is 25.5 Å². The fourth-order valence-corrected chi connectivity index (χ4v) is 1.50. The number of non-ortho nitro benzene ring substituents is 1. The quantitative estimate of drug-likeness (QED) is 0.492. The van der Waals surface area contributed by atoms with Crippen LogP contribution in [0.15, 0.2) is 30.7 Å². The number of phenolic OH excluding ortho intramolecular Hbond substituents is 1. The minimum absolute atomic E-state index is 0.0274. The summed E-state index contributed by atoms with van der Waals surface area (Å²) in [5, 5.41) is 22.6. The van der Waals surface area contributed by atoms with Crippen LogP contribution in [0, 0.1) is 10.1 Å². The fraction of sp³-hybridized carbons (Fsp3) is 0.0909. The van der Waals surface area contributed by atoms with Gasteiger partial charge in [-0.2, -0.15) is 0 Å². The highest BCUT2D eigenvalue weighted by Crippen LogP contribution is 2.28. The third-order valence-corrected chi connectivity index (χ3v) is 2.49. The van der Waals surface area contributed by atoms with Crippen molar-refractivity contribution in [3.63, 3.8) is 0 Å². The van der Waals surface area contributed by atoms with Crippen molar-refractivity contribution in [1.82, 2.24) is 9.55 Å². The fourth-order valence-electron chi connectivity index (χ4n) is 1.50. The molecule has 8 nitrogen and oxygen atoms in total. The smallest absolute Gasteiger partial charge is 0.274 e. The SMILES string of the molecule is Cn1cncc1C(=O)Nc1cc([N+](=O)[O-])ccc1O. The summed E-state index contributed by atoms with van der Waals surface area (Å²) >= 11 is 0. The van der Waals surface area contributed by atoms with E-state index in [-0.39, 0.29) is 22.8 Å². The molecule has 0 saturated carbocycles. The molecule has 0 radical (unpaired) electrons. The summed E-state index contributed by atoms with van der Waals surface area (Å²) in [4.78, 5) is 25.7. The van der Waals surface area contributed by atoms with Crippen molar-refractivity contribution in [3.8, 4) is 5.75 Å². The Morgan fingerprint density at radius 3 is 2.84 bits per heavy atom. The highest BCUT2D eigenvalue weighted by Gasteiger charge is 2.15.